The predicted octanol–water partition coefficient (Wildman–Crippen LogP) is 5.68. The molecule has 1 aromatic heterocycles. The van der Waals surface area contributed by atoms with Crippen LogP contribution in [-0.4, -0.2) is 15.1 Å². The molecule has 0 spiro atoms. The van der Waals surface area contributed by atoms with Gasteiger partial charge < -0.3 is 5.11 Å². The van der Waals surface area contributed by atoms with Crippen molar-refractivity contribution in [1.29, 1.82) is 0 Å². The molecule has 24 heavy (non-hydrogen) atoms. The second-order valence-electron chi connectivity index (χ2n) is 5.24. The zero-order valence-electron chi connectivity index (χ0n) is 12.7. The second-order valence-corrected chi connectivity index (χ2v) is 7.00. The van der Waals surface area contributed by atoms with Crippen molar-refractivity contribution in [3.05, 3.63) is 68.5 Å². The lowest BCUT2D eigenvalue weighted by Gasteiger charge is -2.15. The molecule has 0 aliphatic heterocycles. The maximum absolute atomic E-state index is 9.46. The lowest BCUT2D eigenvalue weighted by atomic mass is 9.98. The second kappa shape index (κ2) is 7.19. The van der Waals surface area contributed by atoms with Gasteiger partial charge in [0.15, 0.2) is 5.82 Å². The van der Waals surface area contributed by atoms with E-state index in [-0.39, 0.29) is 6.61 Å². The minimum atomic E-state index is -0.236. The molecule has 1 N–H and O–H groups in total. The lowest BCUT2D eigenvalue weighted by Crippen LogP contribution is -2.03. The summed E-state index contributed by atoms with van der Waals surface area (Å²) in [5, 5.41) is 10.5. The number of aryl methyl sites for hydroxylation is 1. The van der Waals surface area contributed by atoms with Gasteiger partial charge >= 0.3 is 0 Å². The van der Waals surface area contributed by atoms with Gasteiger partial charge in [0.2, 0.25) is 0 Å². The number of hydrogen-bond acceptors (Lipinski definition) is 3. The summed E-state index contributed by atoms with van der Waals surface area (Å²) in [6.07, 6.45) is 0. The van der Waals surface area contributed by atoms with Crippen molar-refractivity contribution in [3.63, 3.8) is 0 Å². The largest absolute Gasteiger partial charge is 0.388 e. The molecule has 0 amide bonds. The number of nitrogens with zero attached hydrogens (tertiary/aromatic N) is 2. The first-order valence-electron chi connectivity index (χ1n) is 7.19. The molecule has 3 nitrogen and oxygen atoms in total. The molecule has 3 rings (SSSR count). The van der Waals surface area contributed by atoms with E-state index in [0.29, 0.717) is 21.6 Å². The lowest BCUT2D eigenvalue weighted by molar-refractivity contribution is 0.271. The van der Waals surface area contributed by atoms with Crippen molar-refractivity contribution in [2.75, 3.05) is 0 Å². The molecule has 0 atom stereocenters. The van der Waals surface area contributed by atoms with Crippen LogP contribution in [0.4, 0.5) is 0 Å². The van der Waals surface area contributed by atoms with E-state index in [2.05, 4.69) is 25.9 Å². The summed E-state index contributed by atoms with van der Waals surface area (Å²) in [7, 11) is 0. The zero-order chi connectivity index (χ0) is 17.3. The molecule has 0 aliphatic carbocycles. The summed E-state index contributed by atoms with van der Waals surface area (Å²) in [5.74, 6) is 0.356. The van der Waals surface area contributed by atoms with Crippen molar-refractivity contribution >= 4 is 39.1 Å². The Balaban J connectivity index is 2.30. The van der Waals surface area contributed by atoms with Gasteiger partial charge in [0.25, 0.3) is 0 Å². The number of halogens is 3. The minimum Gasteiger partial charge on any atom is -0.388 e. The van der Waals surface area contributed by atoms with E-state index < -0.39 is 0 Å². The summed E-state index contributed by atoms with van der Waals surface area (Å²) < 4.78 is 0.989. The quantitative estimate of drug-likeness (QED) is 0.589. The van der Waals surface area contributed by atoms with Crippen LogP contribution in [0.5, 0.6) is 0 Å². The fraction of sp³-hybridized carbons (Fsp3) is 0.111. The van der Waals surface area contributed by atoms with Gasteiger partial charge in [0.05, 0.1) is 10.7 Å². The van der Waals surface area contributed by atoms with Crippen LogP contribution >= 0.6 is 39.1 Å². The first-order chi connectivity index (χ1) is 11.5. The molecule has 0 radical (unpaired) electrons. The highest BCUT2D eigenvalue weighted by atomic mass is 79.9. The topological polar surface area (TPSA) is 46.0 Å². The van der Waals surface area contributed by atoms with Gasteiger partial charge in [0.1, 0.15) is 6.61 Å². The number of aromatic nitrogens is 2. The van der Waals surface area contributed by atoms with Crippen LogP contribution in [0.3, 0.4) is 0 Å². The van der Waals surface area contributed by atoms with Crippen LogP contribution in [0, 0.1) is 6.92 Å². The monoisotopic (exact) mass is 422 g/mol. The Labute approximate surface area is 158 Å². The molecule has 0 aliphatic rings. The van der Waals surface area contributed by atoms with Gasteiger partial charge in [-0.05, 0) is 42.8 Å². The van der Waals surface area contributed by atoms with Crippen molar-refractivity contribution < 1.29 is 5.11 Å². The molecule has 0 bridgehead atoms. The minimum absolute atomic E-state index is 0.236. The highest BCUT2D eigenvalue weighted by molar-refractivity contribution is 9.10. The van der Waals surface area contributed by atoms with Gasteiger partial charge in [-0.15, -0.1) is 0 Å². The van der Waals surface area contributed by atoms with Gasteiger partial charge in [-0.2, -0.15) is 0 Å². The first kappa shape index (κ1) is 17.4. The Bertz CT molecular complexity index is 898. The Morgan fingerprint density at radius 1 is 1.04 bits per heavy atom. The maximum Gasteiger partial charge on any atom is 0.154 e. The molecule has 0 saturated heterocycles. The van der Waals surface area contributed by atoms with Crippen LogP contribution in [0.15, 0.2) is 46.9 Å². The highest BCUT2D eigenvalue weighted by Crippen LogP contribution is 2.37. The maximum atomic E-state index is 9.46. The van der Waals surface area contributed by atoms with Crippen LogP contribution in [0.1, 0.15) is 11.5 Å². The van der Waals surface area contributed by atoms with Crippen LogP contribution < -0.4 is 0 Å². The van der Waals surface area contributed by atoms with E-state index >= 15 is 0 Å². The van der Waals surface area contributed by atoms with E-state index in [9.17, 15) is 5.11 Å². The number of rotatable bonds is 3. The highest BCUT2D eigenvalue weighted by Gasteiger charge is 2.17. The van der Waals surface area contributed by atoms with Crippen molar-refractivity contribution in [2.24, 2.45) is 0 Å². The summed E-state index contributed by atoms with van der Waals surface area (Å²) in [6.45, 7) is 1.66. The third-order valence-corrected chi connectivity index (χ3v) is 4.67. The number of hydrogen-bond donors (Lipinski definition) is 1. The van der Waals surface area contributed by atoms with Gasteiger partial charge in [-0.1, -0.05) is 51.3 Å². The molecule has 1 heterocycles. The predicted molar refractivity (Wildman–Crippen MR) is 101 cm³/mol. The van der Waals surface area contributed by atoms with Crippen molar-refractivity contribution in [2.45, 2.75) is 13.5 Å². The fourth-order valence-electron chi connectivity index (χ4n) is 2.54. The normalized spacial score (nSPS) is 10.9. The summed E-state index contributed by atoms with van der Waals surface area (Å²) in [4.78, 5) is 8.89. The Morgan fingerprint density at radius 2 is 1.75 bits per heavy atom. The fourth-order valence-corrected chi connectivity index (χ4v) is 3.30. The average molecular weight is 424 g/mol. The van der Waals surface area contributed by atoms with Crippen molar-refractivity contribution in [3.8, 4) is 22.4 Å². The van der Waals surface area contributed by atoms with E-state index in [1.807, 2.05) is 37.3 Å². The molecule has 0 saturated carbocycles. The molecule has 2 aromatic carbocycles. The molecular formula is C18H13BrCl2N2O. The Kier molecular flexibility index (Phi) is 5.21. The number of benzene rings is 2. The van der Waals surface area contributed by atoms with Crippen LogP contribution in [0.2, 0.25) is 10.0 Å². The van der Waals surface area contributed by atoms with E-state index in [1.54, 1.807) is 12.1 Å². The molecule has 6 heteroatoms. The molecule has 0 unspecified atom stereocenters. The van der Waals surface area contributed by atoms with Gasteiger partial charge in [0, 0.05) is 26.3 Å². The number of aliphatic hydroxyl groups excluding tert-OH is 1. The van der Waals surface area contributed by atoms with E-state index in [4.69, 9.17) is 23.2 Å². The SMILES string of the molecule is Cc1nc(CO)nc(-c2ccc(Cl)cc2Cl)c1-c1ccc(Br)cc1. The summed E-state index contributed by atoms with van der Waals surface area (Å²) >= 11 is 15.8. The molecular weight excluding hydrogens is 411 g/mol. The summed E-state index contributed by atoms with van der Waals surface area (Å²) in [5.41, 5.74) is 4.05. The number of aliphatic hydroxyl groups is 1. The van der Waals surface area contributed by atoms with E-state index in [1.165, 1.54) is 0 Å². The Hall–Kier alpha value is -1.46. The average Bonchev–Trinajstić information content (AvgIpc) is 2.55. The van der Waals surface area contributed by atoms with Gasteiger partial charge in [-0.3, -0.25) is 0 Å². The standard InChI is InChI=1S/C18H13BrCl2N2O/c1-10-17(11-2-4-12(19)5-3-11)18(23-16(9-24)22-10)14-7-6-13(20)8-15(14)21/h2-8,24H,9H2,1H3. The first-order valence-corrected chi connectivity index (χ1v) is 8.74. The zero-order valence-corrected chi connectivity index (χ0v) is 15.8. The third kappa shape index (κ3) is 3.47. The van der Waals surface area contributed by atoms with Gasteiger partial charge in [-0.25, -0.2) is 9.97 Å². The third-order valence-electron chi connectivity index (χ3n) is 3.60. The van der Waals surface area contributed by atoms with Crippen LogP contribution in [-0.2, 0) is 6.61 Å². The molecule has 122 valence electrons. The summed E-state index contributed by atoms with van der Waals surface area (Å²) in [6, 6.07) is 13.2. The van der Waals surface area contributed by atoms with E-state index in [0.717, 1.165) is 26.9 Å². The molecule has 3 aromatic rings. The van der Waals surface area contributed by atoms with Crippen molar-refractivity contribution in [1.82, 2.24) is 9.97 Å². The molecule has 0 fully saturated rings. The Morgan fingerprint density at radius 3 is 2.38 bits per heavy atom. The smallest absolute Gasteiger partial charge is 0.154 e. The van der Waals surface area contributed by atoms with Crippen LogP contribution in [0.25, 0.3) is 22.4 Å².